The van der Waals surface area contributed by atoms with Gasteiger partial charge in [-0.25, -0.2) is 0 Å². The Morgan fingerprint density at radius 3 is 2.54 bits per heavy atom. The van der Waals surface area contributed by atoms with Gasteiger partial charge in [0.15, 0.2) is 17.3 Å². The number of Topliss-reactive ketones (excluding diaryl/α,β-unsaturated/α-hetero) is 1. The summed E-state index contributed by atoms with van der Waals surface area (Å²) in [6.07, 6.45) is 0.886. The Kier molecular flexibility index (Phi) is 4.92. The molecule has 0 aliphatic carbocycles. The molecule has 0 radical (unpaired) electrons. The molecule has 6 nitrogen and oxygen atoms in total. The van der Waals surface area contributed by atoms with E-state index in [1.54, 1.807) is 4.90 Å². The number of amides is 1. The minimum atomic E-state index is -0.619. The molecule has 176 valence electrons. The normalized spacial score (nSPS) is 20.0. The lowest BCUT2D eigenvalue weighted by Crippen LogP contribution is -2.48. The molecule has 1 N–H and O–H groups in total. The number of allylic oxidation sites excluding steroid dienone is 1. The minimum absolute atomic E-state index is 0.0464. The molecule has 35 heavy (non-hydrogen) atoms. The Morgan fingerprint density at radius 2 is 1.71 bits per heavy atom. The van der Waals surface area contributed by atoms with Crippen LogP contribution in [0.5, 0.6) is 11.5 Å². The number of carbonyl (C=O) groups is 2. The average Bonchev–Trinajstić information content (AvgIpc) is 3.26. The Bertz CT molecular complexity index is 1380. The van der Waals surface area contributed by atoms with Crippen LogP contribution in [0.1, 0.15) is 47.8 Å². The highest BCUT2D eigenvalue weighted by Crippen LogP contribution is 2.46. The van der Waals surface area contributed by atoms with Gasteiger partial charge in [-0.2, -0.15) is 0 Å². The molecule has 0 saturated heterocycles. The van der Waals surface area contributed by atoms with Crippen molar-refractivity contribution in [2.45, 2.75) is 38.3 Å². The van der Waals surface area contributed by atoms with E-state index in [2.05, 4.69) is 5.32 Å². The maximum absolute atomic E-state index is 14.2. The summed E-state index contributed by atoms with van der Waals surface area (Å²) in [6, 6.07) is 22.2. The van der Waals surface area contributed by atoms with Gasteiger partial charge in [0, 0.05) is 40.9 Å². The summed E-state index contributed by atoms with van der Waals surface area (Å²) in [7, 11) is 0. The molecule has 3 heterocycles. The van der Waals surface area contributed by atoms with Gasteiger partial charge in [-0.15, -0.1) is 0 Å². The molecule has 0 saturated carbocycles. The zero-order valence-electron chi connectivity index (χ0n) is 19.7. The fraction of sp³-hybridized carbons (Fsp3) is 0.241. The molecule has 0 aromatic heterocycles. The summed E-state index contributed by atoms with van der Waals surface area (Å²) < 4.78 is 11.2. The maximum Gasteiger partial charge on any atom is 0.259 e. The Morgan fingerprint density at radius 1 is 0.971 bits per heavy atom. The van der Waals surface area contributed by atoms with Crippen LogP contribution in [0.2, 0.25) is 0 Å². The zero-order valence-corrected chi connectivity index (χ0v) is 19.7. The molecule has 1 atom stereocenters. The van der Waals surface area contributed by atoms with Gasteiger partial charge in [-0.05, 0) is 55.3 Å². The molecular formula is C29H26N2O4. The van der Waals surface area contributed by atoms with Crippen LogP contribution >= 0.6 is 0 Å². The summed E-state index contributed by atoms with van der Waals surface area (Å²) in [5, 5.41) is 3.62. The predicted molar refractivity (Wildman–Crippen MR) is 133 cm³/mol. The summed E-state index contributed by atoms with van der Waals surface area (Å²) in [5.41, 5.74) is 4.28. The van der Waals surface area contributed by atoms with E-state index in [4.69, 9.17) is 9.47 Å². The largest absolute Gasteiger partial charge is 0.454 e. The van der Waals surface area contributed by atoms with Crippen LogP contribution in [0.3, 0.4) is 0 Å². The molecule has 3 aromatic rings. The van der Waals surface area contributed by atoms with E-state index < -0.39 is 6.04 Å². The van der Waals surface area contributed by atoms with E-state index in [1.807, 2.05) is 86.6 Å². The number of rotatable bonds is 2. The van der Waals surface area contributed by atoms with Gasteiger partial charge in [-0.1, -0.05) is 42.5 Å². The molecule has 6 heteroatoms. The molecule has 0 fully saturated rings. The molecular weight excluding hydrogens is 440 g/mol. The lowest BCUT2D eigenvalue weighted by molar-refractivity contribution is -0.117. The number of ether oxygens (including phenoxy) is 2. The standard InChI is InChI=1S/C29H26N2O4/c1-29(2)16-23(32)26-21(30-29)14-19-10-6-7-11-22(19)31(28(33)18-8-4-3-5-9-18)27(26)20-12-13-24-25(15-20)35-17-34-24/h3-13,15,27,30H,14,16-17H2,1-2H3. The van der Waals surface area contributed by atoms with Gasteiger partial charge in [-0.3, -0.25) is 14.5 Å². The first-order valence-corrected chi connectivity index (χ1v) is 11.8. The van der Waals surface area contributed by atoms with Crippen molar-refractivity contribution in [2.75, 3.05) is 11.7 Å². The average molecular weight is 467 g/mol. The van der Waals surface area contributed by atoms with Gasteiger partial charge < -0.3 is 14.8 Å². The Labute approximate surface area is 204 Å². The Hall–Kier alpha value is -4.06. The highest BCUT2D eigenvalue weighted by Gasteiger charge is 2.43. The summed E-state index contributed by atoms with van der Waals surface area (Å²) >= 11 is 0. The number of hydrogen-bond donors (Lipinski definition) is 1. The van der Waals surface area contributed by atoms with Crippen molar-refractivity contribution in [3.63, 3.8) is 0 Å². The first-order valence-electron chi connectivity index (χ1n) is 11.8. The van der Waals surface area contributed by atoms with Crippen LogP contribution in [0.25, 0.3) is 0 Å². The quantitative estimate of drug-likeness (QED) is 0.579. The van der Waals surface area contributed by atoms with Crippen molar-refractivity contribution < 1.29 is 19.1 Å². The van der Waals surface area contributed by atoms with Gasteiger partial charge >= 0.3 is 0 Å². The zero-order chi connectivity index (χ0) is 24.2. The van der Waals surface area contributed by atoms with Crippen LogP contribution in [-0.2, 0) is 11.2 Å². The van der Waals surface area contributed by atoms with Crippen LogP contribution in [0.4, 0.5) is 5.69 Å². The van der Waals surface area contributed by atoms with Crippen molar-refractivity contribution in [1.82, 2.24) is 5.32 Å². The molecule has 3 aliphatic rings. The number of ketones is 1. The Balaban J connectivity index is 1.62. The maximum atomic E-state index is 14.2. The first kappa shape index (κ1) is 21.5. The van der Waals surface area contributed by atoms with Gasteiger partial charge in [0.2, 0.25) is 6.79 Å². The summed E-state index contributed by atoms with van der Waals surface area (Å²) in [6.45, 7) is 4.23. The number of anilines is 1. The number of hydrogen-bond acceptors (Lipinski definition) is 5. The van der Waals surface area contributed by atoms with Crippen LogP contribution in [0.15, 0.2) is 84.1 Å². The number of nitrogens with zero attached hydrogens (tertiary/aromatic N) is 1. The van der Waals surface area contributed by atoms with Crippen molar-refractivity contribution in [3.8, 4) is 11.5 Å². The van der Waals surface area contributed by atoms with Crippen LogP contribution in [0, 0.1) is 0 Å². The SMILES string of the molecule is CC1(C)CC(=O)C2=C(Cc3ccccc3N(C(=O)c3ccccc3)C2c2ccc3c(c2)OCO3)N1. The molecule has 1 unspecified atom stereocenters. The number of nitrogens with one attached hydrogen (secondary N) is 1. The number of fused-ring (bicyclic) bond motifs is 2. The third kappa shape index (κ3) is 3.66. The van der Waals surface area contributed by atoms with Crippen LogP contribution in [-0.4, -0.2) is 24.0 Å². The smallest absolute Gasteiger partial charge is 0.259 e. The monoisotopic (exact) mass is 466 g/mol. The van der Waals surface area contributed by atoms with Crippen molar-refractivity contribution >= 4 is 17.4 Å². The van der Waals surface area contributed by atoms with Gasteiger partial charge in [0.25, 0.3) is 5.91 Å². The van der Waals surface area contributed by atoms with Crippen molar-refractivity contribution in [3.05, 3.63) is 101 Å². The van der Waals surface area contributed by atoms with E-state index in [-0.39, 0.29) is 24.0 Å². The molecule has 0 spiro atoms. The highest BCUT2D eigenvalue weighted by molar-refractivity contribution is 6.10. The fourth-order valence-corrected chi connectivity index (χ4v) is 5.34. The molecule has 6 rings (SSSR count). The lowest BCUT2D eigenvalue weighted by atomic mass is 9.82. The second-order valence-electron chi connectivity index (χ2n) is 9.86. The van der Waals surface area contributed by atoms with Gasteiger partial charge in [0.1, 0.15) is 0 Å². The van der Waals surface area contributed by atoms with Gasteiger partial charge in [0.05, 0.1) is 6.04 Å². The van der Waals surface area contributed by atoms with E-state index in [0.29, 0.717) is 35.5 Å². The third-order valence-corrected chi connectivity index (χ3v) is 6.82. The lowest BCUT2D eigenvalue weighted by Gasteiger charge is -2.38. The van der Waals surface area contributed by atoms with E-state index in [1.165, 1.54) is 0 Å². The fourth-order valence-electron chi connectivity index (χ4n) is 5.34. The molecule has 3 aliphatic heterocycles. The molecule has 3 aromatic carbocycles. The minimum Gasteiger partial charge on any atom is -0.454 e. The third-order valence-electron chi connectivity index (χ3n) is 6.82. The summed E-state index contributed by atoms with van der Waals surface area (Å²) in [4.78, 5) is 29.7. The van der Waals surface area contributed by atoms with E-state index in [9.17, 15) is 9.59 Å². The topological polar surface area (TPSA) is 67.9 Å². The highest BCUT2D eigenvalue weighted by atomic mass is 16.7. The first-order chi connectivity index (χ1) is 16.9. The van der Waals surface area contributed by atoms with E-state index in [0.717, 1.165) is 22.5 Å². The summed E-state index contributed by atoms with van der Waals surface area (Å²) in [5.74, 6) is 1.16. The molecule has 0 bridgehead atoms. The number of benzene rings is 3. The predicted octanol–water partition coefficient (Wildman–Crippen LogP) is 4.95. The second-order valence-corrected chi connectivity index (χ2v) is 9.86. The number of para-hydroxylation sites is 1. The number of carbonyl (C=O) groups excluding carboxylic acids is 2. The van der Waals surface area contributed by atoms with Crippen molar-refractivity contribution in [2.24, 2.45) is 0 Å². The van der Waals surface area contributed by atoms with Crippen molar-refractivity contribution in [1.29, 1.82) is 0 Å². The van der Waals surface area contributed by atoms with Crippen LogP contribution < -0.4 is 19.7 Å². The second kappa shape index (κ2) is 8.01. The van der Waals surface area contributed by atoms with E-state index >= 15 is 0 Å². The molecule has 1 amide bonds.